The summed E-state index contributed by atoms with van der Waals surface area (Å²) >= 11 is 3.06. The minimum Gasteiger partial charge on any atom is -0.466 e. The normalized spacial score (nSPS) is 10.2. The molecule has 0 aromatic heterocycles. The van der Waals surface area contributed by atoms with Crippen molar-refractivity contribution >= 4 is 39.6 Å². The molecule has 1 rings (SSSR count). The molecule has 0 saturated carbocycles. The average Bonchev–Trinajstić information content (AvgIpc) is 2.36. The summed E-state index contributed by atoms with van der Waals surface area (Å²) < 4.78 is 4.48. The Bertz CT molecular complexity index is 443. The van der Waals surface area contributed by atoms with Crippen LogP contribution >= 0.6 is 15.9 Å². The van der Waals surface area contributed by atoms with Gasteiger partial charge in [0, 0.05) is 11.8 Å². The number of benzene rings is 1. The minimum atomic E-state index is -0.417. The van der Waals surface area contributed by atoms with Crippen LogP contribution in [0.5, 0.6) is 0 Å². The molecule has 0 aliphatic carbocycles. The molecule has 0 fully saturated rings. The third kappa shape index (κ3) is 4.82. The van der Waals surface area contributed by atoms with Gasteiger partial charge in [-0.25, -0.2) is 4.79 Å². The summed E-state index contributed by atoms with van der Waals surface area (Å²) in [7, 11) is 1.32. The molecule has 0 aliphatic rings. The molecule has 1 amide bonds. The Morgan fingerprint density at radius 1 is 1.47 bits per heavy atom. The number of amides is 1. The standard InChI is InChI=1S/C12H12BrNO3/c1-17-12(16)6-5-9-3-2-4-10(7-9)14-11(15)8-13/h2-7H,8H2,1H3,(H,14,15). The van der Waals surface area contributed by atoms with E-state index >= 15 is 0 Å². The number of nitrogens with one attached hydrogen (secondary N) is 1. The van der Waals surface area contributed by atoms with Crippen molar-refractivity contribution in [1.82, 2.24) is 0 Å². The summed E-state index contributed by atoms with van der Waals surface area (Å²) in [4.78, 5) is 22.1. The number of hydrogen-bond donors (Lipinski definition) is 1. The molecule has 0 atom stereocenters. The van der Waals surface area contributed by atoms with E-state index in [0.29, 0.717) is 5.69 Å². The summed E-state index contributed by atoms with van der Waals surface area (Å²) in [6.07, 6.45) is 2.95. The van der Waals surface area contributed by atoms with E-state index in [1.54, 1.807) is 24.3 Å². The summed E-state index contributed by atoms with van der Waals surface area (Å²) in [6.45, 7) is 0. The molecular formula is C12H12BrNO3. The zero-order valence-electron chi connectivity index (χ0n) is 9.27. The first kappa shape index (κ1) is 13.4. The average molecular weight is 298 g/mol. The molecule has 1 aromatic rings. The van der Waals surface area contributed by atoms with E-state index in [-0.39, 0.29) is 11.2 Å². The molecule has 0 unspecified atom stereocenters. The molecular weight excluding hydrogens is 286 g/mol. The van der Waals surface area contributed by atoms with Gasteiger partial charge in [0.25, 0.3) is 0 Å². The molecule has 0 heterocycles. The highest BCUT2D eigenvalue weighted by Crippen LogP contribution is 2.12. The molecule has 0 bridgehead atoms. The van der Waals surface area contributed by atoms with Crippen molar-refractivity contribution in [2.75, 3.05) is 17.8 Å². The van der Waals surface area contributed by atoms with Crippen LogP contribution in [-0.4, -0.2) is 24.3 Å². The number of hydrogen-bond acceptors (Lipinski definition) is 3. The minimum absolute atomic E-state index is 0.126. The fourth-order valence-corrected chi connectivity index (χ4v) is 1.29. The van der Waals surface area contributed by atoms with E-state index in [1.807, 2.05) is 6.07 Å². The van der Waals surface area contributed by atoms with Gasteiger partial charge in [-0.15, -0.1) is 0 Å². The predicted molar refractivity (Wildman–Crippen MR) is 69.9 cm³/mol. The van der Waals surface area contributed by atoms with Gasteiger partial charge in [-0.1, -0.05) is 28.1 Å². The van der Waals surface area contributed by atoms with E-state index in [1.165, 1.54) is 13.2 Å². The summed E-state index contributed by atoms with van der Waals surface area (Å²) in [6, 6.07) is 7.15. The van der Waals surface area contributed by atoms with E-state index in [9.17, 15) is 9.59 Å². The van der Waals surface area contributed by atoms with E-state index in [2.05, 4.69) is 26.0 Å². The molecule has 90 valence electrons. The first-order valence-corrected chi connectivity index (χ1v) is 5.99. The smallest absolute Gasteiger partial charge is 0.330 e. The Labute approximate surface area is 108 Å². The van der Waals surface area contributed by atoms with Gasteiger partial charge in [0.1, 0.15) is 0 Å². The predicted octanol–water partition coefficient (Wildman–Crippen LogP) is 2.21. The highest BCUT2D eigenvalue weighted by atomic mass is 79.9. The van der Waals surface area contributed by atoms with Gasteiger partial charge >= 0.3 is 5.97 Å². The monoisotopic (exact) mass is 297 g/mol. The summed E-state index contributed by atoms with van der Waals surface area (Å²) in [5.74, 6) is -0.543. The van der Waals surface area contributed by atoms with Crippen LogP contribution < -0.4 is 5.32 Å². The van der Waals surface area contributed by atoms with Crippen LogP contribution in [0, 0.1) is 0 Å². The molecule has 0 aliphatic heterocycles. The number of halogens is 1. The van der Waals surface area contributed by atoms with Gasteiger partial charge < -0.3 is 10.1 Å². The lowest BCUT2D eigenvalue weighted by Crippen LogP contribution is -2.12. The van der Waals surface area contributed by atoms with Gasteiger partial charge in [0.05, 0.1) is 12.4 Å². The molecule has 4 nitrogen and oxygen atoms in total. The van der Waals surface area contributed by atoms with Crippen molar-refractivity contribution in [3.63, 3.8) is 0 Å². The van der Waals surface area contributed by atoms with Crippen LogP contribution in [-0.2, 0) is 14.3 Å². The van der Waals surface area contributed by atoms with Crippen LogP contribution in [0.4, 0.5) is 5.69 Å². The second-order valence-electron chi connectivity index (χ2n) is 3.16. The van der Waals surface area contributed by atoms with Crippen LogP contribution in [0.1, 0.15) is 5.56 Å². The van der Waals surface area contributed by atoms with Gasteiger partial charge in [-0.3, -0.25) is 4.79 Å². The van der Waals surface area contributed by atoms with Crippen LogP contribution in [0.15, 0.2) is 30.3 Å². The topological polar surface area (TPSA) is 55.4 Å². The lowest BCUT2D eigenvalue weighted by molar-refractivity contribution is -0.134. The molecule has 0 spiro atoms. The molecule has 17 heavy (non-hydrogen) atoms. The first-order valence-electron chi connectivity index (χ1n) is 4.87. The zero-order chi connectivity index (χ0) is 12.7. The second kappa shape index (κ2) is 6.85. The lowest BCUT2D eigenvalue weighted by Gasteiger charge is -2.03. The molecule has 1 N–H and O–H groups in total. The first-order chi connectivity index (χ1) is 8.15. The third-order valence-corrected chi connectivity index (χ3v) is 2.41. The Morgan fingerprint density at radius 2 is 2.24 bits per heavy atom. The number of ether oxygens (including phenoxy) is 1. The number of esters is 1. The zero-order valence-corrected chi connectivity index (χ0v) is 10.9. The van der Waals surface area contributed by atoms with Gasteiger partial charge in [0.2, 0.25) is 5.91 Å². The quantitative estimate of drug-likeness (QED) is 0.527. The highest BCUT2D eigenvalue weighted by molar-refractivity contribution is 9.09. The number of methoxy groups -OCH3 is 1. The maximum Gasteiger partial charge on any atom is 0.330 e. The Morgan fingerprint density at radius 3 is 2.88 bits per heavy atom. The Kier molecular flexibility index (Phi) is 5.42. The van der Waals surface area contributed by atoms with Crippen LogP contribution in [0.3, 0.4) is 0 Å². The number of carbonyl (C=O) groups excluding carboxylic acids is 2. The summed E-state index contributed by atoms with van der Waals surface area (Å²) in [5.41, 5.74) is 1.49. The highest BCUT2D eigenvalue weighted by Gasteiger charge is 1.99. The van der Waals surface area contributed by atoms with Gasteiger partial charge in [-0.2, -0.15) is 0 Å². The fourth-order valence-electron chi connectivity index (χ4n) is 1.15. The summed E-state index contributed by atoms with van der Waals surface area (Å²) in [5, 5.41) is 2.94. The largest absolute Gasteiger partial charge is 0.466 e. The number of rotatable bonds is 4. The maximum absolute atomic E-state index is 11.2. The maximum atomic E-state index is 11.2. The number of carbonyl (C=O) groups is 2. The van der Waals surface area contributed by atoms with E-state index in [0.717, 1.165) is 5.56 Å². The van der Waals surface area contributed by atoms with E-state index < -0.39 is 5.97 Å². The van der Waals surface area contributed by atoms with Crippen molar-refractivity contribution in [3.05, 3.63) is 35.9 Å². The number of anilines is 1. The van der Waals surface area contributed by atoms with Crippen molar-refractivity contribution < 1.29 is 14.3 Å². The van der Waals surface area contributed by atoms with Crippen LogP contribution in [0.25, 0.3) is 6.08 Å². The molecule has 0 saturated heterocycles. The van der Waals surface area contributed by atoms with E-state index in [4.69, 9.17) is 0 Å². The fraction of sp³-hybridized carbons (Fsp3) is 0.167. The third-order valence-electron chi connectivity index (χ3n) is 1.90. The van der Waals surface area contributed by atoms with Crippen molar-refractivity contribution in [2.24, 2.45) is 0 Å². The SMILES string of the molecule is COC(=O)C=Cc1cccc(NC(=O)CBr)c1. The van der Waals surface area contributed by atoms with Crippen molar-refractivity contribution in [2.45, 2.75) is 0 Å². The number of alkyl halides is 1. The molecule has 5 heteroatoms. The Hall–Kier alpha value is -1.62. The lowest BCUT2D eigenvalue weighted by atomic mass is 10.2. The van der Waals surface area contributed by atoms with Crippen molar-refractivity contribution in [3.8, 4) is 0 Å². The van der Waals surface area contributed by atoms with Gasteiger partial charge in [-0.05, 0) is 23.8 Å². The van der Waals surface area contributed by atoms with Crippen LogP contribution in [0.2, 0.25) is 0 Å². The van der Waals surface area contributed by atoms with Gasteiger partial charge in [0.15, 0.2) is 0 Å². The molecule has 1 aromatic carbocycles. The van der Waals surface area contributed by atoms with Crippen molar-refractivity contribution in [1.29, 1.82) is 0 Å². The Balaban J connectivity index is 2.75. The second-order valence-corrected chi connectivity index (χ2v) is 3.72. The molecule has 0 radical (unpaired) electrons.